The van der Waals surface area contributed by atoms with Crippen molar-refractivity contribution in [3.05, 3.63) is 65.2 Å². The third-order valence-electron chi connectivity index (χ3n) is 2.97. The van der Waals surface area contributed by atoms with E-state index < -0.39 is 5.97 Å². The molecule has 22 heavy (non-hydrogen) atoms. The molecular weight excluding hydrogens is 298 g/mol. The maximum Gasteiger partial charge on any atom is 0.358 e. The molecule has 0 saturated carbocycles. The Morgan fingerprint density at radius 1 is 1.23 bits per heavy atom. The van der Waals surface area contributed by atoms with Crippen LogP contribution in [-0.4, -0.2) is 20.9 Å². The van der Waals surface area contributed by atoms with Gasteiger partial charge in [0.05, 0.1) is 11.9 Å². The summed E-state index contributed by atoms with van der Waals surface area (Å²) in [6, 6.07) is 8.15. The summed E-state index contributed by atoms with van der Waals surface area (Å²) in [5.41, 5.74) is 3.18. The summed E-state index contributed by atoms with van der Waals surface area (Å²) in [6.45, 7) is 2.17. The number of aryl methyl sites for hydroxylation is 1. The molecule has 0 bridgehead atoms. The van der Waals surface area contributed by atoms with E-state index in [2.05, 4.69) is 15.0 Å². The molecule has 6 heteroatoms. The van der Waals surface area contributed by atoms with Crippen molar-refractivity contribution in [1.29, 1.82) is 0 Å². The molecule has 0 unspecified atom stereocenters. The summed E-state index contributed by atoms with van der Waals surface area (Å²) in [5, 5.41) is 2.80. The van der Waals surface area contributed by atoms with Crippen LogP contribution in [0.1, 0.15) is 21.7 Å². The molecule has 0 spiro atoms. The SMILES string of the molecule is Cc1ccc(-c2nc(COC(=O)c3cnccn3)cs2)cc1. The predicted octanol–water partition coefficient (Wildman–Crippen LogP) is 3.27. The van der Waals surface area contributed by atoms with E-state index in [4.69, 9.17) is 4.74 Å². The number of thiazole rings is 1. The van der Waals surface area contributed by atoms with E-state index in [0.29, 0.717) is 0 Å². The van der Waals surface area contributed by atoms with Gasteiger partial charge in [0.2, 0.25) is 0 Å². The predicted molar refractivity (Wildman–Crippen MR) is 83.4 cm³/mol. The number of ether oxygens (including phenoxy) is 1. The highest BCUT2D eigenvalue weighted by Gasteiger charge is 2.11. The average Bonchev–Trinajstić information content (AvgIpc) is 3.03. The molecule has 0 fully saturated rings. The van der Waals surface area contributed by atoms with Crippen molar-refractivity contribution in [3.63, 3.8) is 0 Å². The van der Waals surface area contributed by atoms with Gasteiger partial charge in [-0.2, -0.15) is 0 Å². The van der Waals surface area contributed by atoms with Gasteiger partial charge in [-0.25, -0.2) is 14.8 Å². The van der Waals surface area contributed by atoms with E-state index in [9.17, 15) is 4.79 Å². The van der Waals surface area contributed by atoms with Gasteiger partial charge in [-0.3, -0.25) is 4.98 Å². The molecule has 0 aliphatic carbocycles. The molecule has 0 amide bonds. The van der Waals surface area contributed by atoms with Gasteiger partial charge in [0.15, 0.2) is 5.69 Å². The van der Waals surface area contributed by atoms with Gasteiger partial charge in [0, 0.05) is 23.3 Å². The smallest absolute Gasteiger partial charge is 0.358 e. The molecule has 3 rings (SSSR count). The fraction of sp³-hybridized carbons (Fsp3) is 0.125. The van der Waals surface area contributed by atoms with Gasteiger partial charge < -0.3 is 4.74 Å². The van der Waals surface area contributed by atoms with Gasteiger partial charge >= 0.3 is 5.97 Å². The molecule has 0 aliphatic heterocycles. The number of aromatic nitrogens is 3. The lowest BCUT2D eigenvalue weighted by atomic mass is 10.2. The van der Waals surface area contributed by atoms with Crippen molar-refractivity contribution in [2.75, 3.05) is 0 Å². The van der Waals surface area contributed by atoms with Gasteiger partial charge in [-0.1, -0.05) is 29.8 Å². The molecule has 0 N–H and O–H groups in total. The maximum atomic E-state index is 11.8. The first-order valence-corrected chi connectivity index (χ1v) is 7.55. The molecule has 110 valence electrons. The summed E-state index contributed by atoms with van der Waals surface area (Å²) in [4.78, 5) is 24.0. The lowest BCUT2D eigenvalue weighted by molar-refractivity contribution is 0.0461. The highest BCUT2D eigenvalue weighted by Crippen LogP contribution is 2.24. The highest BCUT2D eigenvalue weighted by atomic mass is 32.1. The number of benzene rings is 1. The van der Waals surface area contributed by atoms with Crippen molar-refractivity contribution >= 4 is 17.3 Å². The van der Waals surface area contributed by atoms with E-state index in [0.717, 1.165) is 16.3 Å². The quantitative estimate of drug-likeness (QED) is 0.692. The van der Waals surface area contributed by atoms with Crippen molar-refractivity contribution < 1.29 is 9.53 Å². The lowest BCUT2D eigenvalue weighted by Crippen LogP contribution is -2.07. The molecule has 0 saturated heterocycles. The Hall–Kier alpha value is -2.60. The third kappa shape index (κ3) is 3.35. The molecule has 0 atom stereocenters. The Balaban J connectivity index is 1.65. The highest BCUT2D eigenvalue weighted by molar-refractivity contribution is 7.13. The second kappa shape index (κ2) is 6.44. The van der Waals surface area contributed by atoms with Crippen LogP contribution in [-0.2, 0) is 11.3 Å². The minimum Gasteiger partial charge on any atom is -0.454 e. The number of carbonyl (C=O) groups is 1. The van der Waals surface area contributed by atoms with Crippen LogP contribution in [0.3, 0.4) is 0 Å². The van der Waals surface area contributed by atoms with Crippen LogP contribution in [0.4, 0.5) is 0 Å². The largest absolute Gasteiger partial charge is 0.454 e. The molecule has 2 aromatic heterocycles. The summed E-state index contributed by atoms with van der Waals surface area (Å²) >= 11 is 1.53. The fourth-order valence-electron chi connectivity index (χ4n) is 1.82. The number of hydrogen-bond acceptors (Lipinski definition) is 6. The summed E-state index contributed by atoms with van der Waals surface area (Å²) in [6.07, 6.45) is 4.33. The zero-order chi connectivity index (χ0) is 15.4. The Kier molecular flexibility index (Phi) is 4.20. The van der Waals surface area contributed by atoms with E-state index in [1.54, 1.807) is 0 Å². The molecule has 0 radical (unpaired) electrons. The van der Waals surface area contributed by atoms with Gasteiger partial charge in [-0.05, 0) is 6.92 Å². The van der Waals surface area contributed by atoms with Gasteiger partial charge in [0.1, 0.15) is 11.6 Å². The van der Waals surface area contributed by atoms with E-state index >= 15 is 0 Å². The van der Waals surface area contributed by atoms with E-state index in [1.807, 2.05) is 36.6 Å². The first kappa shape index (κ1) is 14.3. The number of carbonyl (C=O) groups excluding carboxylic acids is 1. The van der Waals surface area contributed by atoms with Crippen LogP contribution in [0, 0.1) is 6.92 Å². The monoisotopic (exact) mass is 311 g/mol. The normalized spacial score (nSPS) is 10.4. The summed E-state index contributed by atoms with van der Waals surface area (Å²) < 4.78 is 5.19. The Labute approximate surface area is 131 Å². The minimum absolute atomic E-state index is 0.123. The number of esters is 1. The number of hydrogen-bond donors (Lipinski definition) is 0. The van der Waals surface area contributed by atoms with E-state index in [-0.39, 0.29) is 12.3 Å². The molecule has 2 heterocycles. The topological polar surface area (TPSA) is 65.0 Å². The second-order valence-corrected chi connectivity index (χ2v) is 5.53. The minimum atomic E-state index is -0.502. The zero-order valence-electron chi connectivity index (χ0n) is 11.9. The molecule has 0 aliphatic rings. The molecular formula is C16H13N3O2S. The second-order valence-electron chi connectivity index (χ2n) is 4.68. The standard InChI is InChI=1S/C16H13N3O2S/c1-11-2-4-12(5-3-11)15-19-13(10-22-15)9-21-16(20)14-8-17-6-7-18-14/h2-8,10H,9H2,1H3. The molecule has 1 aromatic carbocycles. The number of rotatable bonds is 4. The summed E-state index contributed by atoms with van der Waals surface area (Å²) in [7, 11) is 0. The Bertz CT molecular complexity index is 770. The van der Waals surface area contributed by atoms with Crippen LogP contribution in [0.5, 0.6) is 0 Å². The van der Waals surface area contributed by atoms with Crippen LogP contribution in [0.15, 0.2) is 48.2 Å². The van der Waals surface area contributed by atoms with Crippen LogP contribution >= 0.6 is 11.3 Å². The van der Waals surface area contributed by atoms with Crippen molar-refractivity contribution in [2.45, 2.75) is 13.5 Å². The molecule has 5 nitrogen and oxygen atoms in total. The van der Waals surface area contributed by atoms with Crippen LogP contribution in [0.2, 0.25) is 0 Å². The third-order valence-corrected chi connectivity index (χ3v) is 3.91. The molecule has 3 aromatic rings. The fourth-order valence-corrected chi connectivity index (χ4v) is 2.63. The zero-order valence-corrected chi connectivity index (χ0v) is 12.7. The number of nitrogens with zero attached hydrogens (tertiary/aromatic N) is 3. The summed E-state index contributed by atoms with van der Waals surface area (Å²) in [5.74, 6) is -0.502. The van der Waals surface area contributed by atoms with Crippen molar-refractivity contribution in [3.8, 4) is 10.6 Å². The lowest BCUT2D eigenvalue weighted by Gasteiger charge is -2.01. The van der Waals surface area contributed by atoms with Crippen LogP contribution in [0.25, 0.3) is 10.6 Å². The van der Waals surface area contributed by atoms with Gasteiger partial charge in [-0.15, -0.1) is 11.3 Å². The maximum absolute atomic E-state index is 11.8. The van der Waals surface area contributed by atoms with Gasteiger partial charge in [0.25, 0.3) is 0 Å². The van der Waals surface area contributed by atoms with E-state index in [1.165, 1.54) is 35.5 Å². The Morgan fingerprint density at radius 3 is 2.77 bits per heavy atom. The van der Waals surface area contributed by atoms with Crippen LogP contribution < -0.4 is 0 Å². The Morgan fingerprint density at radius 2 is 2.05 bits per heavy atom. The average molecular weight is 311 g/mol. The van der Waals surface area contributed by atoms with Crippen molar-refractivity contribution in [1.82, 2.24) is 15.0 Å². The first-order valence-electron chi connectivity index (χ1n) is 6.67. The van der Waals surface area contributed by atoms with Crippen molar-refractivity contribution in [2.24, 2.45) is 0 Å². The first-order chi connectivity index (χ1) is 10.7.